The lowest BCUT2D eigenvalue weighted by atomic mass is 10.3. The van der Waals surface area contributed by atoms with Crippen LogP contribution in [0.1, 0.15) is 48.0 Å². The van der Waals surface area contributed by atoms with Crippen molar-refractivity contribution in [2.75, 3.05) is 0 Å². The molecule has 0 aliphatic heterocycles. The lowest BCUT2D eigenvalue weighted by Gasteiger charge is -2.27. The number of hydrazone groups is 1. The molecule has 0 saturated carbocycles. The molecule has 0 unspecified atom stereocenters. The summed E-state index contributed by atoms with van der Waals surface area (Å²) in [5, 5.41) is 6.17. The first-order valence-electron chi connectivity index (χ1n) is 5.34. The van der Waals surface area contributed by atoms with Gasteiger partial charge in [0.2, 0.25) is 0 Å². The van der Waals surface area contributed by atoms with E-state index >= 15 is 0 Å². The molecule has 84 valence electrons. The largest absolute Gasteiger partial charge is 0.303 e. The minimum atomic E-state index is 0.382. The summed E-state index contributed by atoms with van der Waals surface area (Å²) in [6.45, 7) is 12.3. The summed E-state index contributed by atoms with van der Waals surface area (Å²) in [6, 6.07) is 0.765. The van der Waals surface area contributed by atoms with Gasteiger partial charge in [-0.2, -0.15) is 5.10 Å². The van der Waals surface area contributed by atoms with Crippen LogP contribution in [0.4, 0.5) is 0 Å². The number of hydrogen-bond acceptors (Lipinski definition) is 3. The highest BCUT2D eigenvalue weighted by Gasteiger charge is 2.08. The second kappa shape index (κ2) is 10.2. The molecule has 0 aliphatic rings. The topological polar surface area (TPSA) is 32.7 Å². The molecule has 0 rings (SSSR count). The van der Waals surface area contributed by atoms with Crippen molar-refractivity contribution in [1.82, 2.24) is 5.01 Å². The molecule has 0 aromatic heterocycles. The number of carbonyl (C=O) groups excluding carboxylic acids is 1. The Labute approximate surface area is 88.2 Å². The van der Waals surface area contributed by atoms with Gasteiger partial charge in [0.15, 0.2) is 0 Å². The third-order valence-corrected chi connectivity index (χ3v) is 1.47. The molecule has 0 radical (unpaired) electrons. The third-order valence-electron chi connectivity index (χ3n) is 1.47. The van der Waals surface area contributed by atoms with Crippen LogP contribution >= 0.6 is 0 Å². The van der Waals surface area contributed by atoms with Crippen LogP contribution in [0.3, 0.4) is 0 Å². The average molecular weight is 200 g/mol. The second-order valence-electron chi connectivity index (χ2n) is 3.27. The van der Waals surface area contributed by atoms with E-state index in [0.717, 1.165) is 6.29 Å². The van der Waals surface area contributed by atoms with Gasteiger partial charge in [-0.25, -0.2) is 0 Å². The van der Waals surface area contributed by atoms with Gasteiger partial charge in [-0.05, 0) is 27.7 Å². The van der Waals surface area contributed by atoms with Crippen molar-refractivity contribution in [1.29, 1.82) is 0 Å². The van der Waals surface area contributed by atoms with Crippen molar-refractivity contribution in [3.05, 3.63) is 0 Å². The maximum atomic E-state index is 10.0. The van der Waals surface area contributed by atoms with Crippen LogP contribution in [0.25, 0.3) is 0 Å². The van der Waals surface area contributed by atoms with E-state index in [-0.39, 0.29) is 0 Å². The molecule has 14 heavy (non-hydrogen) atoms. The van der Waals surface area contributed by atoms with Crippen molar-refractivity contribution in [2.45, 2.75) is 60.0 Å². The van der Waals surface area contributed by atoms with Crippen molar-refractivity contribution in [2.24, 2.45) is 5.10 Å². The summed E-state index contributed by atoms with van der Waals surface area (Å²) in [5.41, 5.74) is 0. The van der Waals surface area contributed by atoms with Gasteiger partial charge in [0.1, 0.15) is 6.29 Å². The van der Waals surface area contributed by atoms with Gasteiger partial charge in [0.25, 0.3) is 0 Å². The van der Waals surface area contributed by atoms with Crippen molar-refractivity contribution in [3.63, 3.8) is 0 Å². The molecule has 0 saturated heterocycles. The first-order chi connectivity index (χ1) is 6.59. The van der Waals surface area contributed by atoms with Crippen LogP contribution in [0, 0.1) is 0 Å². The van der Waals surface area contributed by atoms with Crippen molar-refractivity contribution >= 4 is 12.5 Å². The molecule has 0 atom stereocenters. The quantitative estimate of drug-likeness (QED) is 0.388. The molecule has 0 amide bonds. The summed E-state index contributed by atoms with van der Waals surface area (Å²) in [6.07, 6.45) is 2.89. The van der Waals surface area contributed by atoms with E-state index in [9.17, 15) is 4.79 Å². The van der Waals surface area contributed by atoms with Gasteiger partial charge in [0.05, 0.1) is 0 Å². The first kappa shape index (κ1) is 15.6. The van der Waals surface area contributed by atoms with Crippen LogP contribution in [-0.2, 0) is 4.79 Å². The van der Waals surface area contributed by atoms with Gasteiger partial charge >= 0.3 is 0 Å². The molecule has 0 N–H and O–H groups in total. The summed E-state index contributed by atoms with van der Waals surface area (Å²) in [4.78, 5) is 10.0. The number of nitrogens with zero attached hydrogens (tertiary/aromatic N) is 2. The molecule has 0 aromatic carbocycles. The molecule has 0 fully saturated rings. The second-order valence-corrected chi connectivity index (χ2v) is 3.27. The van der Waals surface area contributed by atoms with Crippen LogP contribution in [0.2, 0.25) is 0 Å². The molecular formula is C11H24N2O. The Hall–Kier alpha value is -0.860. The predicted octanol–water partition coefficient (Wildman–Crippen LogP) is 2.71. The fraction of sp³-hybridized carbons (Fsp3) is 0.818. The number of aldehydes is 1. The summed E-state index contributed by atoms with van der Waals surface area (Å²) < 4.78 is 0. The highest BCUT2D eigenvalue weighted by atomic mass is 16.1. The van der Waals surface area contributed by atoms with E-state index < -0.39 is 0 Å². The van der Waals surface area contributed by atoms with Crippen LogP contribution in [0.5, 0.6) is 0 Å². The van der Waals surface area contributed by atoms with E-state index in [1.807, 2.05) is 18.9 Å². The fourth-order valence-electron chi connectivity index (χ4n) is 1.05. The number of carbonyl (C=O) groups is 1. The summed E-state index contributed by atoms with van der Waals surface area (Å²) in [5.74, 6) is 0. The van der Waals surface area contributed by atoms with Gasteiger partial charge in [-0.3, -0.25) is 5.01 Å². The van der Waals surface area contributed by atoms with Gasteiger partial charge in [-0.15, -0.1) is 0 Å². The Morgan fingerprint density at radius 2 is 1.57 bits per heavy atom. The van der Waals surface area contributed by atoms with Crippen LogP contribution < -0.4 is 0 Å². The van der Waals surface area contributed by atoms with Gasteiger partial charge in [-0.1, -0.05) is 13.8 Å². The Balaban J connectivity index is 0. The van der Waals surface area contributed by atoms with E-state index in [2.05, 4.69) is 32.8 Å². The average Bonchev–Trinajstić information content (AvgIpc) is 2.14. The third kappa shape index (κ3) is 7.77. The fourth-order valence-corrected chi connectivity index (χ4v) is 1.05. The van der Waals surface area contributed by atoms with E-state index in [1.165, 1.54) is 0 Å². The number of rotatable bonds is 5. The SMILES string of the molecule is CC.CC(C)N(/N=C\CC=O)C(C)C. The highest BCUT2D eigenvalue weighted by Crippen LogP contribution is 2.04. The van der Waals surface area contributed by atoms with E-state index in [0.29, 0.717) is 18.5 Å². The monoisotopic (exact) mass is 200 g/mol. The molecule has 0 bridgehead atoms. The minimum absolute atomic E-state index is 0.382. The molecule has 3 nitrogen and oxygen atoms in total. The van der Waals surface area contributed by atoms with E-state index in [4.69, 9.17) is 0 Å². The number of hydrogen-bond donors (Lipinski definition) is 0. The maximum Gasteiger partial charge on any atom is 0.125 e. The minimum Gasteiger partial charge on any atom is -0.303 e. The zero-order valence-electron chi connectivity index (χ0n) is 10.3. The zero-order chi connectivity index (χ0) is 11.6. The van der Waals surface area contributed by atoms with Crippen molar-refractivity contribution < 1.29 is 4.79 Å². The predicted molar refractivity (Wildman–Crippen MR) is 62.6 cm³/mol. The maximum absolute atomic E-state index is 10.0. The molecular weight excluding hydrogens is 176 g/mol. The van der Waals surface area contributed by atoms with E-state index in [1.54, 1.807) is 6.21 Å². The highest BCUT2D eigenvalue weighted by molar-refractivity contribution is 5.75. The zero-order valence-corrected chi connectivity index (χ0v) is 10.3. The molecule has 0 aliphatic carbocycles. The van der Waals surface area contributed by atoms with Crippen molar-refractivity contribution in [3.8, 4) is 0 Å². The Bertz CT molecular complexity index is 145. The normalized spacial score (nSPS) is 10.3. The van der Waals surface area contributed by atoms with Crippen LogP contribution in [0.15, 0.2) is 5.10 Å². The molecule has 0 spiro atoms. The molecule has 3 heteroatoms. The van der Waals surface area contributed by atoms with Crippen LogP contribution in [-0.4, -0.2) is 29.6 Å². The van der Waals surface area contributed by atoms with Gasteiger partial charge < -0.3 is 4.79 Å². The summed E-state index contributed by atoms with van der Waals surface area (Å²) >= 11 is 0. The smallest absolute Gasteiger partial charge is 0.125 e. The lowest BCUT2D eigenvalue weighted by molar-refractivity contribution is -0.106. The Morgan fingerprint density at radius 3 is 1.86 bits per heavy atom. The van der Waals surface area contributed by atoms with Gasteiger partial charge in [0, 0.05) is 24.7 Å². The molecule has 0 heterocycles. The standard InChI is InChI=1S/C9H18N2O.C2H6/c1-8(2)11(9(3)4)10-6-5-7-12;1-2/h6-9H,5H2,1-4H3;1-2H3/b10-6-;. The first-order valence-corrected chi connectivity index (χ1v) is 5.34. The summed E-state index contributed by atoms with van der Waals surface area (Å²) in [7, 11) is 0. The Morgan fingerprint density at radius 1 is 1.14 bits per heavy atom. The lowest BCUT2D eigenvalue weighted by Crippen LogP contribution is -2.32. The molecule has 0 aromatic rings. The Kier molecular flexibility index (Phi) is 11.4.